The standard InChI is InChI=1S/C21H17ClN8O/c22-13-4-3-5-14(10-13)27-20-9-8-18(23)30(29-20)19(24)12-26-21(31)17-11-25-15-6-1-2-7-16(15)28-17/h1-11,23-24H,12H2,(H,26,31)(H,27,29). The predicted molar refractivity (Wildman–Crippen MR) is 118 cm³/mol. The third kappa shape index (κ3) is 4.73. The fraction of sp³-hybridized carbons (Fsp3) is 0.0476. The molecule has 0 saturated carbocycles. The van der Waals surface area contributed by atoms with Crippen LogP contribution in [0.4, 0.5) is 11.5 Å². The van der Waals surface area contributed by atoms with Gasteiger partial charge >= 0.3 is 0 Å². The molecule has 0 aliphatic heterocycles. The lowest BCUT2D eigenvalue weighted by molar-refractivity contribution is 0.0954. The van der Waals surface area contributed by atoms with E-state index in [-0.39, 0.29) is 23.6 Å². The number of rotatable bonds is 5. The number of hydrogen-bond acceptors (Lipinski definition) is 7. The number of anilines is 2. The summed E-state index contributed by atoms with van der Waals surface area (Å²) in [5, 5.41) is 26.8. The van der Waals surface area contributed by atoms with Gasteiger partial charge in [0, 0.05) is 10.7 Å². The van der Waals surface area contributed by atoms with Crippen LogP contribution in [-0.4, -0.2) is 38.0 Å². The smallest absolute Gasteiger partial charge is 0.271 e. The molecule has 0 bridgehead atoms. The lowest BCUT2D eigenvalue weighted by Crippen LogP contribution is -2.38. The second-order valence-corrected chi connectivity index (χ2v) is 6.96. The van der Waals surface area contributed by atoms with Gasteiger partial charge in [0.05, 0.1) is 23.8 Å². The SMILES string of the molecule is N=C(CNC(=O)c1cnc2ccccc2n1)n1nc(Nc2cccc(Cl)c2)ccc1=N. The average Bonchev–Trinajstić information content (AvgIpc) is 2.78. The van der Waals surface area contributed by atoms with Crippen LogP contribution in [0, 0.1) is 10.8 Å². The van der Waals surface area contributed by atoms with E-state index in [2.05, 4.69) is 25.7 Å². The van der Waals surface area contributed by atoms with Crippen LogP contribution in [-0.2, 0) is 0 Å². The van der Waals surface area contributed by atoms with Gasteiger partial charge in [-0.25, -0.2) is 4.98 Å². The number of para-hydroxylation sites is 2. The number of aromatic nitrogens is 4. The number of carbonyl (C=O) groups excluding carboxylic acids is 1. The van der Waals surface area contributed by atoms with Gasteiger partial charge in [-0.15, -0.1) is 5.10 Å². The molecule has 0 fully saturated rings. The zero-order valence-corrected chi connectivity index (χ0v) is 16.9. The maximum absolute atomic E-state index is 12.4. The first-order chi connectivity index (χ1) is 15.0. The molecule has 4 rings (SSSR count). The Kier molecular flexibility index (Phi) is 5.67. The van der Waals surface area contributed by atoms with Gasteiger partial charge < -0.3 is 10.6 Å². The summed E-state index contributed by atoms with van der Waals surface area (Å²) in [6.07, 6.45) is 1.39. The van der Waals surface area contributed by atoms with E-state index >= 15 is 0 Å². The quantitative estimate of drug-likeness (QED) is 0.284. The van der Waals surface area contributed by atoms with Gasteiger partial charge in [0.25, 0.3) is 5.91 Å². The van der Waals surface area contributed by atoms with E-state index in [4.69, 9.17) is 22.4 Å². The Hall–Kier alpha value is -4.11. The molecule has 0 spiro atoms. The Morgan fingerprint density at radius 1 is 1.06 bits per heavy atom. The highest BCUT2D eigenvalue weighted by atomic mass is 35.5. The first kappa shape index (κ1) is 20.2. The van der Waals surface area contributed by atoms with Gasteiger partial charge in [0.1, 0.15) is 17.0 Å². The van der Waals surface area contributed by atoms with Crippen molar-refractivity contribution in [2.45, 2.75) is 0 Å². The van der Waals surface area contributed by atoms with Crippen molar-refractivity contribution in [3.8, 4) is 0 Å². The van der Waals surface area contributed by atoms with Crippen LogP contribution in [0.3, 0.4) is 0 Å². The molecule has 0 aliphatic carbocycles. The van der Waals surface area contributed by atoms with E-state index < -0.39 is 5.91 Å². The molecule has 4 N–H and O–H groups in total. The molecule has 9 nitrogen and oxygen atoms in total. The summed E-state index contributed by atoms with van der Waals surface area (Å²) in [5.41, 5.74) is 2.16. The van der Waals surface area contributed by atoms with E-state index in [0.29, 0.717) is 21.9 Å². The minimum absolute atomic E-state index is 0.00129. The van der Waals surface area contributed by atoms with Crippen LogP contribution in [0.25, 0.3) is 11.0 Å². The monoisotopic (exact) mass is 432 g/mol. The number of halogens is 1. The summed E-state index contributed by atoms with van der Waals surface area (Å²) >= 11 is 5.99. The molecule has 2 aromatic carbocycles. The number of benzene rings is 2. The Bertz CT molecular complexity index is 1350. The van der Waals surface area contributed by atoms with Crippen molar-refractivity contribution in [1.82, 2.24) is 25.1 Å². The first-order valence-corrected chi connectivity index (χ1v) is 9.63. The summed E-state index contributed by atoms with van der Waals surface area (Å²) in [6, 6.07) is 17.5. The number of nitrogens with zero attached hydrogens (tertiary/aromatic N) is 4. The van der Waals surface area contributed by atoms with Gasteiger partial charge in [0.15, 0.2) is 5.82 Å². The Labute approximate surface area is 181 Å². The average molecular weight is 433 g/mol. The van der Waals surface area contributed by atoms with E-state index in [1.165, 1.54) is 12.3 Å². The molecule has 4 aromatic rings. The molecule has 0 unspecified atom stereocenters. The Balaban J connectivity index is 1.46. The molecule has 0 saturated heterocycles. The van der Waals surface area contributed by atoms with Crippen LogP contribution in [0.15, 0.2) is 66.9 Å². The van der Waals surface area contributed by atoms with Crippen molar-refractivity contribution in [1.29, 1.82) is 10.8 Å². The number of nitrogens with one attached hydrogen (secondary N) is 4. The molecular weight excluding hydrogens is 416 g/mol. The highest BCUT2D eigenvalue weighted by molar-refractivity contribution is 6.30. The molecular formula is C21H17ClN8O. The van der Waals surface area contributed by atoms with Gasteiger partial charge in [0.2, 0.25) is 0 Å². The fourth-order valence-electron chi connectivity index (χ4n) is 2.81. The van der Waals surface area contributed by atoms with E-state index in [1.807, 2.05) is 24.3 Å². The summed E-state index contributed by atoms with van der Waals surface area (Å²) in [4.78, 5) is 20.9. The largest absolute Gasteiger partial charge is 0.343 e. The second kappa shape index (κ2) is 8.72. The summed E-state index contributed by atoms with van der Waals surface area (Å²) < 4.78 is 1.12. The third-order valence-electron chi connectivity index (χ3n) is 4.29. The second-order valence-electron chi connectivity index (χ2n) is 6.52. The summed E-state index contributed by atoms with van der Waals surface area (Å²) in [6.45, 7) is -0.141. The molecule has 0 radical (unpaired) electrons. The molecule has 31 heavy (non-hydrogen) atoms. The van der Waals surface area contributed by atoms with Crippen molar-refractivity contribution in [3.05, 3.63) is 83.1 Å². The van der Waals surface area contributed by atoms with E-state index in [9.17, 15) is 4.79 Å². The molecule has 1 amide bonds. The van der Waals surface area contributed by atoms with Crippen molar-refractivity contribution in [3.63, 3.8) is 0 Å². The van der Waals surface area contributed by atoms with Crippen LogP contribution < -0.4 is 16.1 Å². The number of amides is 1. The maximum Gasteiger partial charge on any atom is 0.271 e. The topological polar surface area (TPSA) is 132 Å². The van der Waals surface area contributed by atoms with E-state index in [0.717, 1.165) is 10.4 Å². The molecule has 0 aliphatic rings. The zero-order chi connectivity index (χ0) is 21.8. The normalized spacial score (nSPS) is 10.6. The molecule has 154 valence electrons. The van der Waals surface area contributed by atoms with Crippen molar-refractivity contribution in [2.75, 3.05) is 11.9 Å². The van der Waals surface area contributed by atoms with E-state index in [1.54, 1.807) is 30.3 Å². The lowest BCUT2D eigenvalue weighted by atomic mass is 10.3. The van der Waals surface area contributed by atoms with Crippen LogP contribution in [0.1, 0.15) is 10.5 Å². The zero-order valence-electron chi connectivity index (χ0n) is 16.1. The van der Waals surface area contributed by atoms with Gasteiger partial charge in [-0.05, 0) is 42.5 Å². The summed E-state index contributed by atoms with van der Waals surface area (Å²) in [5.74, 6) is -0.125. The number of carbonyl (C=O) groups is 1. The number of fused-ring (bicyclic) bond motifs is 1. The fourth-order valence-corrected chi connectivity index (χ4v) is 3.00. The molecule has 2 aromatic heterocycles. The van der Waals surface area contributed by atoms with Crippen molar-refractivity contribution >= 4 is 45.9 Å². The molecule has 10 heteroatoms. The van der Waals surface area contributed by atoms with Gasteiger partial charge in [-0.3, -0.25) is 20.6 Å². The highest BCUT2D eigenvalue weighted by Gasteiger charge is 2.11. The van der Waals surface area contributed by atoms with Gasteiger partial charge in [-0.1, -0.05) is 29.8 Å². The van der Waals surface area contributed by atoms with Crippen molar-refractivity contribution < 1.29 is 4.79 Å². The predicted octanol–water partition coefficient (Wildman–Crippen LogP) is 2.96. The molecule has 2 heterocycles. The molecule has 0 atom stereocenters. The maximum atomic E-state index is 12.4. The highest BCUT2D eigenvalue weighted by Crippen LogP contribution is 2.18. The van der Waals surface area contributed by atoms with Crippen LogP contribution in [0.2, 0.25) is 5.02 Å². The lowest BCUT2D eigenvalue weighted by Gasteiger charge is -2.11. The summed E-state index contributed by atoms with van der Waals surface area (Å²) in [7, 11) is 0. The Morgan fingerprint density at radius 3 is 2.68 bits per heavy atom. The van der Waals surface area contributed by atoms with Crippen molar-refractivity contribution in [2.24, 2.45) is 0 Å². The van der Waals surface area contributed by atoms with Crippen LogP contribution >= 0.6 is 11.6 Å². The van der Waals surface area contributed by atoms with Crippen LogP contribution in [0.5, 0.6) is 0 Å². The minimum atomic E-state index is -0.469. The third-order valence-corrected chi connectivity index (χ3v) is 4.52. The Morgan fingerprint density at radius 2 is 1.87 bits per heavy atom. The minimum Gasteiger partial charge on any atom is -0.343 e. The van der Waals surface area contributed by atoms with Gasteiger partial charge in [-0.2, -0.15) is 4.68 Å². The number of hydrogen-bond donors (Lipinski definition) is 4. The first-order valence-electron chi connectivity index (χ1n) is 9.25.